The molecular formula is C14H34N2O+2. The smallest absolute Gasteiger partial charge is 0.152 e. The zero-order valence-electron chi connectivity index (χ0n) is 13.2. The third kappa shape index (κ3) is 8.58. The summed E-state index contributed by atoms with van der Waals surface area (Å²) in [5.41, 5.74) is 0.347. The van der Waals surface area contributed by atoms with Crippen LogP contribution in [0.4, 0.5) is 0 Å². The molecule has 0 heterocycles. The van der Waals surface area contributed by atoms with Gasteiger partial charge in [-0.3, -0.25) is 0 Å². The predicted octanol–water partition coefficient (Wildman–Crippen LogP) is 1.57. The summed E-state index contributed by atoms with van der Waals surface area (Å²) in [6, 6.07) is 0. The molecule has 1 atom stereocenters. The van der Waals surface area contributed by atoms with Gasteiger partial charge in [0, 0.05) is 5.41 Å². The Labute approximate surface area is 108 Å². The largest absolute Gasteiger partial charge is 0.382 e. The van der Waals surface area contributed by atoms with Crippen molar-refractivity contribution in [3.8, 4) is 0 Å². The van der Waals surface area contributed by atoms with Gasteiger partial charge in [-0.05, 0) is 6.42 Å². The van der Waals surface area contributed by atoms with Crippen LogP contribution in [0.5, 0.6) is 0 Å². The van der Waals surface area contributed by atoms with Gasteiger partial charge in [-0.1, -0.05) is 20.8 Å². The fraction of sp³-hybridized carbons (Fsp3) is 1.00. The normalized spacial score (nSPS) is 16.1. The highest BCUT2D eigenvalue weighted by atomic mass is 16.3. The van der Waals surface area contributed by atoms with E-state index in [9.17, 15) is 5.11 Å². The van der Waals surface area contributed by atoms with Crippen molar-refractivity contribution in [1.82, 2.24) is 0 Å². The van der Waals surface area contributed by atoms with Crippen LogP contribution in [0.25, 0.3) is 0 Å². The van der Waals surface area contributed by atoms with Gasteiger partial charge in [0.1, 0.15) is 13.1 Å². The highest BCUT2D eigenvalue weighted by Gasteiger charge is 2.30. The minimum absolute atomic E-state index is 0.224. The Morgan fingerprint density at radius 1 is 1.00 bits per heavy atom. The van der Waals surface area contributed by atoms with Crippen molar-refractivity contribution in [2.75, 3.05) is 54.9 Å². The van der Waals surface area contributed by atoms with E-state index in [1.54, 1.807) is 0 Å². The molecule has 1 unspecified atom stereocenters. The highest BCUT2D eigenvalue weighted by Crippen LogP contribution is 2.23. The molecule has 0 aliphatic carbocycles. The lowest BCUT2D eigenvalue weighted by Crippen LogP contribution is -2.53. The number of hydrogen-bond donors (Lipinski definition) is 1. The second-order valence-electron chi connectivity index (χ2n) is 7.92. The Kier molecular flexibility index (Phi) is 5.64. The molecule has 0 rings (SSSR count). The first kappa shape index (κ1) is 16.9. The summed E-state index contributed by atoms with van der Waals surface area (Å²) in [4.78, 5) is 0. The van der Waals surface area contributed by atoms with Gasteiger partial charge in [-0.25, -0.2) is 0 Å². The van der Waals surface area contributed by atoms with E-state index >= 15 is 0 Å². The van der Waals surface area contributed by atoms with Crippen LogP contribution in [0, 0.1) is 5.41 Å². The lowest BCUT2D eigenvalue weighted by Gasteiger charge is -2.39. The van der Waals surface area contributed by atoms with E-state index in [1.807, 2.05) is 0 Å². The molecule has 0 aliphatic rings. The van der Waals surface area contributed by atoms with Gasteiger partial charge < -0.3 is 14.1 Å². The molecule has 1 N–H and O–H groups in total. The van der Waals surface area contributed by atoms with Crippen LogP contribution in [0.1, 0.15) is 27.2 Å². The van der Waals surface area contributed by atoms with Gasteiger partial charge in [0.2, 0.25) is 0 Å². The van der Waals surface area contributed by atoms with E-state index in [-0.39, 0.29) is 6.10 Å². The summed E-state index contributed by atoms with van der Waals surface area (Å²) in [6.07, 6.45) is 0.956. The number of rotatable bonds is 7. The van der Waals surface area contributed by atoms with Crippen LogP contribution in [-0.2, 0) is 0 Å². The van der Waals surface area contributed by atoms with E-state index in [2.05, 4.69) is 56.0 Å². The Morgan fingerprint density at radius 2 is 1.47 bits per heavy atom. The maximum Gasteiger partial charge on any atom is 0.152 e. The standard InChI is InChI=1S/C14H34N2O/c1-9-14(2,3)12-16(7,8)11-13(17)10-15(4,5)6/h13,17H,9-12H2,1-8H3/q+2. The van der Waals surface area contributed by atoms with E-state index in [4.69, 9.17) is 0 Å². The Bertz CT molecular complexity index is 229. The number of quaternary nitrogens is 2. The van der Waals surface area contributed by atoms with Crippen molar-refractivity contribution in [2.45, 2.75) is 33.3 Å². The average Bonchev–Trinajstić information content (AvgIpc) is 1.96. The van der Waals surface area contributed by atoms with Crippen molar-refractivity contribution in [3.63, 3.8) is 0 Å². The van der Waals surface area contributed by atoms with E-state index in [1.165, 1.54) is 6.42 Å². The van der Waals surface area contributed by atoms with Gasteiger partial charge in [0.25, 0.3) is 0 Å². The zero-order valence-corrected chi connectivity index (χ0v) is 13.2. The van der Waals surface area contributed by atoms with Gasteiger partial charge in [-0.15, -0.1) is 0 Å². The van der Waals surface area contributed by atoms with Crippen LogP contribution < -0.4 is 0 Å². The number of aliphatic hydroxyl groups excluding tert-OH is 1. The first-order valence-electron chi connectivity index (χ1n) is 6.67. The van der Waals surface area contributed by atoms with Crippen LogP contribution in [-0.4, -0.2) is 75.0 Å². The topological polar surface area (TPSA) is 20.2 Å². The van der Waals surface area contributed by atoms with Crippen molar-refractivity contribution >= 4 is 0 Å². The van der Waals surface area contributed by atoms with Gasteiger partial charge in [-0.2, -0.15) is 0 Å². The lowest BCUT2D eigenvalue weighted by molar-refractivity contribution is -0.911. The number of aliphatic hydroxyl groups is 1. The molecule has 0 fully saturated rings. The Balaban J connectivity index is 4.35. The first-order valence-corrected chi connectivity index (χ1v) is 6.67. The molecule has 0 aromatic heterocycles. The fourth-order valence-electron chi connectivity index (χ4n) is 2.60. The summed E-state index contributed by atoms with van der Waals surface area (Å²) >= 11 is 0. The minimum Gasteiger partial charge on any atom is -0.382 e. The summed E-state index contributed by atoms with van der Waals surface area (Å²) in [5.74, 6) is 0. The van der Waals surface area contributed by atoms with Gasteiger partial charge in [0.05, 0.1) is 41.8 Å². The summed E-state index contributed by atoms with van der Waals surface area (Å²) in [7, 11) is 10.8. The molecule has 0 saturated carbocycles. The van der Waals surface area contributed by atoms with E-state index in [0.29, 0.717) is 5.41 Å². The lowest BCUT2D eigenvalue weighted by atomic mass is 9.89. The molecule has 104 valence electrons. The molecule has 3 heteroatoms. The highest BCUT2D eigenvalue weighted by molar-refractivity contribution is 4.66. The predicted molar refractivity (Wildman–Crippen MR) is 74.8 cm³/mol. The minimum atomic E-state index is -0.224. The Morgan fingerprint density at radius 3 is 1.82 bits per heavy atom. The Hall–Kier alpha value is -0.120. The van der Waals surface area contributed by atoms with E-state index in [0.717, 1.165) is 28.6 Å². The summed E-state index contributed by atoms with van der Waals surface area (Å²) < 4.78 is 1.71. The number of likely N-dealkylation sites (N-methyl/N-ethyl adjacent to an activating group) is 2. The molecule has 0 bridgehead atoms. The van der Waals surface area contributed by atoms with Crippen molar-refractivity contribution < 1.29 is 14.1 Å². The SMILES string of the molecule is CCC(C)(C)C[N+](C)(C)CC(O)C[N+](C)(C)C. The van der Waals surface area contributed by atoms with Gasteiger partial charge >= 0.3 is 0 Å². The zero-order chi connectivity index (χ0) is 13.9. The molecule has 0 spiro atoms. The van der Waals surface area contributed by atoms with Crippen molar-refractivity contribution in [1.29, 1.82) is 0 Å². The summed E-state index contributed by atoms with van der Waals surface area (Å²) in [6.45, 7) is 9.60. The van der Waals surface area contributed by atoms with Crippen molar-refractivity contribution in [3.05, 3.63) is 0 Å². The molecule has 0 aromatic carbocycles. The third-order valence-corrected chi connectivity index (χ3v) is 3.28. The second kappa shape index (κ2) is 5.68. The molecule has 0 radical (unpaired) electrons. The molecular weight excluding hydrogens is 212 g/mol. The first-order chi connectivity index (χ1) is 7.37. The van der Waals surface area contributed by atoms with Gasteiger partial charge in [0.15, 0.2) is 6.10 Å². The monoisotopic (exact) mass is 246 g/mol. The van der Waals surface area contributed by atoms with Crippen LogP contribution in [0.3, 0.4) is 0 Å². The average molecular weight is 246 g/mol. The second-order valence-corrected chi connectivity index (χ2v) is 7.92. The molecule has 0 aliphatic heterocycles. The third-order valence-electron chi connectivity index (χ3n) is 3.28. The van der Waals surface area contributed by atoms with E-state index < -0.39 is 0 Å². The molecule has 0 amide bonds. The molecule has 3 nitrogen and oxygen atoms in total. The molecule has 17 heavy (non-hydrogen) atoms. The molecule has 0 aromatic rings. The maximum atomic E-state index is 10.2. The van der Waals surface area contributed by atoms with Crippen molar-refractivity contribution in [2.24, 2.45) is 5.41 Å². The van der Waals surface area contributed by atoms with Crippen LogP contribution in [0.15, 0.2) is 0 Å². The van der Waals surface area contributed by atoms with Crippen LogP contribution in [0.2, 0.25) is 0 Å². The quantitative estimate of drug-likeness (QED) is 0.676. The maximum absolute atomic E-state index is 10.2. The number of hydrogen-bond acceptors (Lipinski definition) is 1. The van der Waals surface area contributed by atoms with Crippen LogP contribution >= 0.6 is 0 Å². The summed E-state index contributed by atoms with van der Waals surface area (Å²) in [5, 5.41) is 10.2. The fourth-order valence-corrected chi connectivity index (χ4v) is 2.60. The number of nitrogens with zero attached hydrogens (tertiary/aromatic N) is 2. The molecule has 0 saturated heterocycles.